The van der Waals surface area contributed by atoms with Gasteiger partial charge in [-0.1, -0.05) is 12.1 Å². The van der Waals surface area contributed by atoms with E-state index >= 15 is 0 Å². The van der Waals surface area contributed by atoms with Crippen molar-refractivity contribution in [2.24, 2.45) is 0 Å². The van der Waals surface area contributed by atoms with E-state index in [0.29, 0.717) is 30.1 Å². The third kappa shape index (κ3) is 4.14. The van der Waals surface area contributed by atoms with Gasteiger partial charge >= 0.3 is 0 Å². The molecule has 4 aromatic rings. The summed E-state index contributed by atoms with van der Waals surface area (Å²) in [5.74, 6) is 1.45. The lowest BCUT2D eigenvalue weighted by Crippen LogP contribution is -2.32. The summed E-state index contributed by atoms with van der Waals surface area (Å²) in [6.07, 6.45) is 1.16. The van der Waals surface area contributed by atoms with Crippen LogP contribution >= 0.6 is 11.3 Å². The molecule has 0 unspecified atom stereocenters. The van der Waals surface area contributed by atoms with Crippen LogP contribution in [0.5, 0.6) is 5.75 Å². The number of hydrogen-bond acceptors (Lipinski definition) is 6. The first-order chi connectivity index (χ1) is 15.7. The maximum atomic E-state index is 13.3. The number of ether oxygens (including phenoxy) is 1. The minimum Gasteiger partial charge on any atom is -0.491 e. The van der Waals surface area contributed by atoms with Crippen molar-refractivity contribution < 1.29 is 17.9 Å². The number of amides is 1. The molecule has 0 saturated carbocycles. The fraction of sp³-hybridized carbons (Fsp3) is 0.250. The molecule has 2 aromatic heterocycles. The average molecular weight is 482 g/mol. The first-order valence-corrected chi connectivity index (χ1v) is 13.2. The van der Waals surface area contributed by atoms with Crippen LogP contribution in [0.15, 0.2) is 46.7 Å². The number of thiophene rings is 1. The normalized spacial score (nSPS) is 14.1. The number of nitrogens with zero attached hydrogens (tertiary/aromatic N) is 2. The molecule has 7 nitrogen and oxygen atoms in total. The summed E-state index contributed by atoms with van der Waals surface area (Å²) < 4.78 is 30.0. The minimum absolute atomic E-state index is 0.177. The number of H-pyrrole nitrogens is 1. The number of aromatic nitrogens is 2. The summed E-state index contributed by atoms with van der Waals surface area (Å²) in [4.78, 5) is 23.2. The van der Waals surface area contributed by atoms with Crippen molar-refractivity contribution in [1.82, 2.24) is 14.9 Å². The Kier molecular flexibility index (Phi) is 5.25. The highest BCUT2D eigenvalue weighted by atomic mass is 32.2. The number of rotatable bonds is 3. The monoisotopic (exact) mass is 481 g/mol. The Morgan fingerprint density at radius 3 is 2.64 bits per heavy atom. The Morgan fingerprint density at radius 2 is 1.88 bits per heavy atom. The van der Waals surface area contributed by atoms with Crippen molar-refractivity contribution in [3.8, 4) is 16.9 Å². The van der Waals surface area contributed by atoms with Crippen molar-refractivity contribution in [2.45, 2.75) is 24.6 Å². The van der Waals surface area contributed by atoms with Crippen molar-refractivity contribution in [3.05, 3.63) is 64.3 Å². The van der Waals surface area contributed by atoms with E-state index in [2.05, 4.69) is 22.1 Å². The molecule has 170 valence electrons. The summed E-state index contributed by atoms with van der Waals surface area (Å²) in [5, 5.41) is 0. The average Bonchev–Trinajstić information content (AvgIpc) is 3.26. The Bertz CT molecular complexity index is 1500. The molecule has 1 aliphatic rings. The third-order valence-corrected chi connectivity index (χ3v) is 8.74. The molecular formula is C24H23N3O4S2. The van der Waals surface area contributed by atoms with E-state index in [1.165, 1.54) is 0 Å². The summed E-state index contributed by atoms with van der Waals surface area (Å²) >= 11 is 1.03. The summed E-state index contributed by atoms with van der Waals surface area (Å²) in [6.45, 7) is 4.89. The Balaban J connectivity index is 1.46. The van der Waals surface area contributed by atoms with Crippen LogP contribution in [0.4, 0.5) is 0 Å². The molecule has 0 fully saturated rings. The van der Waals surface area contributed by atoms with E-state index in [-0.39, 0.29) is 10.1 Å². The number of nitrogens with one attached hydrogen (secondary N) is 1. The van der Waals surface area contributed by atoms with Gasteiger partial charge in [0.2, 0.25) is 0 Å². The first-order valence-electron chi connectivity index (χ1n) is 10.5. The smallest absolute Gasteiger partial charge is 0.264 e. The first kappa shape index (κ1) is 21.7. The van der Waals surface area contributed by atoms with Crippen molar-refractivity contribution in [3.63, 3.8) is 0 Å². The fourth-order valence-electron chi connectivity index (χ4n) is 4.06. The lowest BCUT2D eigenvalue weighted by Gasteiger charge is -2.19. The molecule has 1 amide bonds. The van der Waals surface area contributed by atoms with E-state index in [0.717, 1.165) is 56.9 Å². The van der Waals surface area contributed by atoms with Gasteiger partial charge in [-0.15, -0.1) is 11.3 Å². The molecule has 1 aliphatic heterocycles. The molecular weight excluding hydrogens is 458 g/mol. The number of hydrogen-bond donors (Lipinski definition) is 1. The van der Waals surface area contributed by atoms with Gasteiger partial charge in [-0.25, -0.2) is 13.4 Å². The second-order valence-corrected chi connectivity index (χ2v) is 11.6. The van der Waals surface area contributed by atoms with E-state index in [4.69, 9.17) is 4.74 Å². The standard InChI is InChI=1S/C24H23N3O4S2/c1-14-10-22(33(3,29)30)32-23(14)24(28)27-8-9-31-21-7-5-16(11-18(21)13-27)17-4-6-19-20(12-17)26-15(2)25-19/h4-7,10-12H,8-9,13H2,1-3H3,(H,25,26). The van der Waals surface area contributed by atoms with Gasteiger partial charge in [0.25, 0.3) is 5.91 Å². The molecule has 0 spiro atoms. The van der Waals surface area contributed by atoms with Crippen LogP contribution in [0.3, 0.4) is 0 Å². The molecule has 5 rings (SSSR count). The minimum atomic E-state index is -3.36. The van der Waals surface area contributed by atoms with Gasteiger partial charge in [-0.2, -0.15) is 0 Å². The van der Waals surface area contributed by atoms with Crippen LogP contribution in [0.25, 0.3) is 22.2 Å². The molecule has 0 aliphatic carbocycles. The van der Waals surface area contributed by atoms with Crippen molar-refractivity contribution in [1.29, 1.82) is 0 Å². The van der Waals surface area contributed by atoms with Gasteiger partial charge in [0.05, 0.1) is 22.5 Å². The predicted molar refractivity (Wildman–Crippen MR) is 129 cm³/mol. The van der Waals surface area contributed by atoms with Gasteiger partial charge in [-0.3, -0.25) is 4.79 Å². The zero-order chi connectivity index (χ0) is 23.3. The number of sulfone groups is 1. The number of benzene rings is 2. The number of fused-ring (bicyclic) bond motifs is 2. The number of carbonyl (C=O) groups excluding carboxylic acids is 1. The zero-order valence-corrected chi connectivity index (χ0v) is 20.1. The Hall–Kier alpha value is -3.17. The lowest BCUT2D eigenvalue weighted by atomic mass is 10.0. The van der Waals surface area contributed by atoms with Gasteiger partial charge in [-0.05, 0) is 60.9 Å². The highest BCUT2D eigenvalue weighted by Crippen LogP contribution is 2.32. The largest absolute Gasteiger partial charge is 0.491 e. The zero-order valence-electron chi connectivity index (χ0n) is 18.5. The number of aromatic amines is 1. The van der Waals surface area contributed by atoms with Crippen LogP contribution in [-0.2, 0) is 16.4 Å². The summed E-state index contributed by atoms with van der Waals surface area (Å²) in [5.41, 5.74) is 5.55. The number of aryl methyl sites for hydroxylation is 2. The van der Waals surface area contributed by atoms with Crippen LogP contribution in [0.1, 0.15) is 26.6 Å². The maximum absolute atomic E-state index is 13.3. The molecule has 3 heterocycles. The molecule has 0 bridgehead atoms. The Morgan fingerprint density at radius 1 is 1.12 bits per heavy atom. The van der Waals surface area contributed by atoms with Crippen LogP contribution in [0, 0.1) is 13.8 Å². The SMILES string of the molecule is Cc1nc2ccc(-c3ccc4c(c3)CN(C(=O)c3sc(S(C)(=O)=O)cc3C)CCO4)cc2[nH]1. The molecule has 33 heavy (non-hydrogen) atoms. The molecule has 0 radical (unpaired) electrons. The van der Waals surface area contributed by atoms with Crippen molar-refractivity contribution >= 4 is 38.1 Å². The van der Waals surface area contributed by atoms with Gasteiger partial charge in [0, 0.05) is 18.4 Å². The summed E-state index contributed by atoms with van der Waals surface area (Å²) in [6, 6.07) is 13.7. The van der Waals surface area contributed by atoms with Crippen LogP contribution < -0.4 is 4.74 Å². The number of carbonyl (C=O) groups is 1. The van der Waals surface area contributed by atoms with E-state index in [9.17, 15) is 13.2 Å². The second-order valence-electron chi connectivity index (χ2n) is 8.30. The van der Waals surface area contributed by atoms with Crippen LogP contribution in [-0.4, -0.2) is 48.6 Å². The molecule has 2 aromatic carbocycles. The van der Waals surface area contributed by atoms with Crippen molar-refractivity contribution in [2.75, 3.05) is 19.4 Å². The second kappa shape index (κ2) is 8.00. The fourth-order valence-corrected chi connectivity index (χ4v) is 6.18. The van der Waals surface area contributed by atoms with Gasteiger partial charge < -0.3 is 14.6 Å². The quantitative estimate of drug-likeness (QED) is 0.470. The third-order valence-electron chi connectivity index (χ3n) is 5.72. The van der Waals surface area contributed by atoms with E-state index < -0.39 is 9.84 Å². The topological polar surface area (TPSA) is 92.4 Å². The summed E-state index contributed by atoms with van der Waals surface area (Å²) in [7, 11) is -3.36. The highest BCUT2D eigenvalue weighted by Gasteiger charge is 2.26. The molecule has 0 saturated heterocycles. The predicted octanol–water partition coefficient (Wildman–Crippen LogP) is 4.35. The maximum Gasteiger partial charge on any atom is 0.264 e. The molecule has 1 N–H and O–H groups in total. The van der Waals surface area contributed by atoms with E-state index in [1.807, 2.05) is 31.2 Å². The van der Waals surface area contributed by atoms with Gasteiger partial charge in [0.1, 0.15) is 22.4 Å². The highest BCUT2D eigenvalue weighted by molar-refractivity contribution is 7.92. The molecule has 0 atom stereocenters. The Labute approximate surface area is 196 Å². The molecule has 9 heteroatoms. The number of imidazole rings is 1. The van der Waals surface area contributed by atoms with Crippen LogP contribution in [0.2, 0.25) is 0 Å². The van der Waals surface area contributed by atoms with E-state index in [1.54, 1.807) is 17.9 Å². The van der Waals surface area contributed by atoms with Gasteiger partial charge in [0.15, 0.2) is 9.84 Å². The lowest BCUT2D eigenvalue weighted by molar-refractivity contribution is 0.0737.